The minimum absolute atomic E-state index is 0.115. The Morgan fingerprint density at radius 1 is 1.10 bits per heavy atom. The van der Waals surface area contributed by atoms with E-state index >= 15 is 0 Å². The average molecular weight is 447 g/mol. The van der Waals surface area contributed by atoms with Crippen LogP contribution in [-0.4, -0.2) is 40.3 Å². The quantitative estimate of drug-likeness (QED) is 0.500. The number of rotatable bonds is 12. The van der Waals surface area contributed by atoms with Gasteiger partial charge in [0.15, 0.2) is 0 Å². The number of amides is 1. The summed E-state index contributed by atoms with van der Waals surface area (Å²) in [5, 5.41) is 2.82. The van der Waals surface area contributed by atoms with Gasteiger partial charge in [-0.05, 0) is 56.0 Å². The Balaban J connectivity index is 1.75. The van der Waals surface area contributed by atoms with E-state index in [1.165, 1.54) is 16.1 Å². The van der Waals surface area contributed by atoms with Crippen molar-refractivity contribution in [2.24, 2.45) is 0 Å². The number of carbonyl (C=O) groups is 1. The van der Waals surface area contributed by atoms with Crippen molar-refractivity contribution in [1.82, 2.24) is 5.32 Å². The van der Waals surface area contributed by atoms with Crippen LogP contribution < -0.4 is 14.4 Å². The number of benzene rings is 2. The molecule has 31 heavy (non-hydrogen) atoms. The lowest BCUT2D eigenvalue weighted by atomic mass is 10.1. The number of nitrogens with one attached hydrogen (secondary N) is 1. The Hall–Kier alpha value is -2.54. The highest BCUT2D eigenvalue weighted by atomic mass is 32.2. The number of sulfonamides is 1. The first-order valence-electron chi connectivity index (χ1n) is 10.7. The Morgan fingerprint density at radius 3 is 2.42 bits per heavy atom. The Bertz CT molecular complexity index is 956. The van der Waals surface area contributed by atoms with Gasteiger partial charge in [-0.3, -0.25) is 9.10 Å². The molecule has 7 heteroatoms. The van der Waals surface area contributed by atoms with Crippen molar-refractivity contribution in [2.75, 3.05) is 30.3 Å². The fraction of sp³-hybridized carbons (Fsp3) is 0.458. The molecule has 0 aliphatic heterocycles. The molecule has 0 aliphatic rings. The van der Waals surface area contributed by atoms with Crippen molar-refractivity contribution in [2.45, 2.75) is 46.5 Å². The van der Waals surface area contributed by atoms with Crippen LogP contribution in [-0.2, 0) is 21.2 Å². The van der Waals surface area contributed by atoms with E-state index in [0.717, 1.165) is 29.7 Å². The molecule has 0 spiro atoms. The molecule has 170 valence electrons. The number of carbonyl (C=O) groups excluding carboxylic acids is 1. The molecule has 2 aromatic rings. The van der Waals surface area contributed by atoms with Crippen LogP contribution in [0, 0.1) is 13.8 Å². The summed E-state index contributed by atoms with van der Waals surface area (Å²) in [7, 11) is -3.43. The highest BCUT2D eigenvalue weighted by molar-refractivity contribution is 7.92. The highest BCUT2D eigenvalue weighted by Crippen LogP contribution is 2.24. The third kappa shape index (κ3) is 8.25. The van der Waals surface area contributed by atoms with Gasteiger partial charge in [-0.1, -0.05) is 43.2 Å². The van der Waals surface area contributed by atoms with Gasteiger partial charge in [0.2, 0.25) is 15.9 Å². The number of nitrogens with zero attached hydrogens (tertiary/aromatic N) is 1. The Kier molecular flexibility index (Phi) is 9.37. The van der Waals surface area contributed by atoms with Crippen LogP contribution in [0.25, 0.3) is 0 Å². The lowest BCUT2D eigenvalue weighted by Crippen LogP contribution is -2.33. The summed E-state index contributed by atoms with van der Waals surface area (Å²) in [5.74, 6) is 0.669. The molecule has 1 N–H and O–H groups in total. The minimum Gasteiger partial charge on any atom is -0.492 e. The average Bonchev–Trinajstić information content (AvgIpc) is 2.70. The zero-order valence-corrected chi connectivity index (χ0v) is 19.8. The maximum absolute atomic E-state index is 12.3. The van der Waals surface area contributed by atoms with Gasteiger partial charge >= 0.3 is 0 Å². The molecular formula is C24H34N2O4S. The predicted molar refractivity (Wildman–Crippen MR) is 126 cm³/mol. The van der Waals surface area contributed by atoms with Crippen LogP contribution in [0.15, 0.2) is 42.5 Å². The third-order valence-corrected chi connectivity index (χ3v) is 6.12. The Morgan fingerprint density at radius 2 is 1.81 bits per heavy atom. The molecule has 0 unspecified atom stereocenters. The summed E-state index contributed by atoms with van der Waals surface area (Å²) in [6, 6.07) is 13.7. The van der Waals surface area contributed by atoms with E-state index in [1.807, 2.05) is 44.2 Å². The van der Waals surface area contributed by atoms with Crippen LogP contribution >= 0.6 is 0 Å². The van der Waals surface area contributed by atoms with Gasteiger partial charge in [-0.2, -0.15) is 0 Å². The summed E-state index contributed by atoms with van der Waals surface area (Å²) in [6.07, 6.45) is 4.04. The minimum atomic E-state index is -3.43. The van der Waals surface area contributed by atoms with Gasteiger partial charge in [-0.15, -0.1) is 0 Å². The second kappa shape index (κ2) is 11.7. The molecular weight excluding hydrogens is 412 g/mol. The van der Waals surface area contributed by atoms with Gasteiger partial charge in [-0.25, -0.2) is 8.42 Å². The fourth-order valence-corrected chi connectivity index (χ4v) is 4.44. The number of anilines is 1. The van der Waals surface area contributed by atoms with Crippen molar-refractivity contribution < 1.29 is 17.9 Å². The van der Waals surface area contributed by atoms with Crippen LogP contribution in [0.2, 0.25) is 0 Å². The van der Waals surface area contributed by atoms with Gasteiger partial charge in [0.05, 0.1) is 18.5 Å². The Labute approximate surface area is 186 Å². The van der Waals surface area contributed by atoms with Crippen LogP contribution in [0.3, 0.4) is 0 Å². The summed E-state index contributed by atoms with van der Waals surface area (Å²) >= 11 is 0. The largest absolute Gasteiger partial charge is 0.492 e. The smallest absolute Gasteiger partial charge is 0.232 e. The summed E-state index contributed by atoms with van der Waals surface area (Å²) in [5.41, 5.74) is 3.92. The number of aryl methyl sites for hydroxylation is 3. The fourth-order valence-electron chi connectivity index (χ4n) is 3.42. The van der Waals surface area contributed by atoms with E-state index < -0.39 is 10.0 Å². The molecule has 2 aromatic carbocycles. The lowest BCUT2D eigenvalue weighted by molar-refractivity contribution is -0.121. The second-order valence-electron chi connectivity index (χ2n) is 7.82. The maximum atomic E-state index is 12.3. The van der Waals surface area contributed by atoms with Gasteiger partial charge in [0.25, 0.3) is 0 Å². The molecule has 1 amide bonds. The van der Waals surface area contributed by atoms with Crippen LogP contribution in [0.4, 0.5) is 5.69 Å². The molecule has 0 saturated heterocycles. The molecule has 2 rings (SSSR count). The van der Waals surface area contributed by atoms with Crippen molar-refractivity contribution in [3.63, 3.8) is 0 Å². The molecule has 0 atom stereocenters. The lowest BCUT2D eigenvalue weighted by Gasteiger charge is -2.24. The monoisotopic (exact) mass is 446 g/mol. The first kappa shape index (κ1) is 24.7. The van der Waals surface area contributed by atoms with Gasteiger partial charge < -0.3 is 10.1 Å². The van der Waals surface area contributed by atoms with E-state index in [0.29, 0.717) is 25.3 Å². The molecule has 0 aliphatic carbocycles. The van der Waals surface area contributed by atoms with E-state index in [1.54, 1.807) is 0 Å². The van der Waals surface area contributed by atoms with E-state index in [-0.39, 0.29) is 18.9 Å². The molecule has 0 aromatic heterocycles. The normalized spacial score (nSPS) is 11.2. The van der Waals surface area contributed by atoms with Crippen LogP contribution in [0.1, 0.15) is 42.9 Å². The molecule has 0 heterocycles. The zero-order valence-electron chi connectivity index (χ0n) is 19.0. The number of hydrogen-bond donors (Lipinski definition) is 1. The second-order valence-corrected chi connectivity index (χ2v) is 9.73. The van der Waals surface area contributed by atoms with Crippen molar-refractivity contribution in [1.29, 1.82) is 0 Å². The SMILES string of the molecule is CCCc1ccc(OCCNC(=O)CCCN(c2ccc(C)cc2C)S(C)(=O)=O)cc1. The highest BCUT2D eigenvalue weighted by Gasteiger charge is 2.19. The first-order valence-corrected chi connectivity index (χ1v) is 12.6. The molecule has 0 bridgehead atoms. The van der Waals surface area contributed by atoms with E-state index in [9.17, 15) is 13.2 Å². The van der Waals surface area contributed by atoms with E-state index in [4.69, 9.17) is 4.74 Å². The van der Waals surface area contributed by atoms with E-state index in [2.05, 4.69) is 24.4 Å². The third-order valence-electron chi connectivity index (χ3n) is 4.94. The molecule has 0 radical (unpaired) electrons. The van der Waals surface area contributed by atoms with Gasteiger partial charge in [0.1, 0.15) is 12.4 Å². The predicted octanol–water partition coefficient (Wildman–Crippen LogP) is 4.00. The summed E-state index contributed by atoms with van der Waals surface area (Å²) < 4.78 is 31.5. The molecule has 0 fully saturated rings. The summed E-state index contributed by atoms with van der Waals surface area (Å²) in [4.78, 5) is 12.1. The van der Waals surface area contributed by atoms with Crippen LogP contribution in [0.5, 0.6) is 5.75 Å². The number of ether oxygens (including phenoxy) is 1. The van der Waals surface area contributed by atoms with Crippen molar-refractivity contribution in [3.8, 4) is 5.75 Å². The molecule has 6 nitrogen and oxygen atoms in total. The molecule has 0 saturated carbocycles. The summed E-state index contributed by atoms with van der Waals surface area (Å²) in [6.45, 7) is 7.06. The zero-order chi connectivity index (χ0) is 22.9. The topological polar surface area (TPSA) is 75.7 Å². The number of hydrogen-bond acceptors (Lipinski definition) is 4. The first-order chi connectivity index (χ1) is 14.7. The standard InChI is InChI=1S/C24H34N2O4S/c1-5-7-21-10-12-22(13-11-21)30-17-15-25-24(27)8-6-16-26(31(4,28)29)23-14-9-19(2)18-20(23)3/h9-14,18H,5-8,15-17H2,1-4H3,(H,25,27). The van der Waals surface area contributed by atoms with Crippen molar-refractivity contribution in [3.05, 3.63) is 59.2 Å². The van der Waals surface area contributed by atoms with Crippen molar-refractivity contribution >= 4 is 21.6 Å². The maximum Gasteiger partial charge on any atom is 0.232 e. The van der Waals surface area contributed by atoms with Gasteiger partial charge in [0, 0.05) is 13.0 Å².